The second kappa shape index (κ2) is 11.5. The van der Waals surface area contributed by atoms with E-state index in [2.05, 4.69) is 4.98 Å². The molecular weight excluding hydrogens is 305 g/mol. The fourth-order valence-corrected chi connectivity index (χ4v) is 3.38. The van der Waals surface area contributed by atoms with Crippen molar-refractivity contribution in [2.24, 2.45) is 0 Å². The molecule has 1 N–H and O–H groups in total. The minimum Gasteiger partial charge on any atom is -0.489 e. The molecule has 0 atom stereocenters. The van der Waals surface area contributed by atoms with Crippen LogP contribution in [0, 0.1) is 5.39 Å². The number of aliphatic hydroxyl groups is 1. The first-order valence-corrected chi connectivity index (χ1v) is 9.47. The molecule has 0 radical (unpaired) electrons. The van der Waals surface area contributed by atoms with Gasteiger partial charge in [-0.15, -0.1) is 0 Å². The third kappa shape index (κ3) is 6.35. The van der Waals surface area contributed by atoms with Gasteiger partial charge in [0.1, 0.15) is 0 Å². The molecule has 0 spiro atoms. The summed E-state index contributed by atoms with van der Waals surface area (Å²) >= 11 is 0. The number of diazo groups is 1. The lowest BCUT2D eigenvalue weighted by Gasteiger charge is -2.22. The summed E-state index contributed by atoms with van der Waals surface area (Å²) in [5, 5.41) is 19.7. The van der Waals surface area contributed by atoms with Crippen molar-refractivity contribution in [2.75, 3.05) is 26.3 Å². The van der Waals surface area contributed by atoms with Crippen LogP contribution < -0.4 is 0 Å². The van der Waals surface area contributed by atoms with Gasteiger partial charge in [-0.2, -0.15) is 0 Å². The Labute approximate surface area is 133 Å². The van der Waals surface area contributed by atoms with Gasteiger partial charge in [0.15, 0.2) is 4.98 Å². The Morgan fingerprint density at radius 1 is 1.09 bits per heavy atom. The average Bonchev–Trinajstić information content (AvgIpc) is 2.48. The highest BCUT2D eigenvalue weighted by atomic mass is 31.2. The van der Waals surface area contributed by atoms with Crippen molar-refractivity contribution in [3.05, 3.63) is 16.3 Å². The summed E-state index contributed by atoms with van der Waals surface area (Å²) in [5.41, 5.74) is -0.427. The lowest BCUT2D eigenvalue weighted by Crippen LogP contribution is -2.26. The quantitative estimate of drug-likeness (QED) is 0.316. The summed E-state index contributed by atoms with van der Waals surface area (Å²) in [7, 11) is -3.83. The van der Waals surface area contributed by atoms with Gasteiger partial charge >= 0.3 is 13.0 Å². The van der Waals surface area contributed by atoms with E-state index in [-0.39, 0.29) is 19.1 Å². The van der Waals surface area contributed by atoms with Gasteiger partial charge in [-0.3, -0.25) is 0 Å². The highest BCUT2D eigenvalue weighted by Crippen LogP contribution is 2.57. The topological polar surface area (TPSA) is 87.2 Å². The molecule has 0 amide bonds. The van der Waals surface area contributed by atoms with Crippen molar-refractivity contribution in [2.45, 2.75) is 53.4 Å². The number of unbranched alkanes of at least 4 members (excludes halogenated alkanes) is 2. The largest absolute Gasteiger partial charge is 0.528 e. The zero-order valence-electron chi connectivity index (χ0n) is 14.1. The maximum atomic E-state index is 12.7. The minimum atomic E-state index is -3.83. The first-order valence-electron chi connectivity index (χ1n) is 7.93. The van der Waals surface area contributed by atoms with Gasteiger partial charge in [-0.05, 0) is 26.7 Å². The molecular formula is C14H29N3O4P+. The van der Waals surface area contributed by atoms with E-state index >= 15 is 0 Å². The predicted octanol–water partition coefficient (Wildman–Crippen LogP) is 4.69. The van der Waals surface area contributed by atoms with Gasteiger partial charge in [-0.1, -0.05) is 26.7 Å². The molecule has 0 rings (SSSR count). The van der Waals surface area contributed by atoms with Crippen molar-refractivity contribution in [1.82, 2.24) is 4.90 Å². The number of rotatable bonds is 12. The Balaban J connectivity index is 5.57. The molecule has 0 fully saturated rings. The van der Waals surface area contributed by atoms with E-state index in [0.717, 1.165) is 25.7 Å². The molecule has 0 aliphatic heterocycles. The van der Waals surface area contributed by atoms with Crippen molar-refractivity contribution in [3.63, 3.8) is 0 Å². The van der Waals surface area contributed by atoms with E-state index in [4.69, 9.17) is 9.05 Å². The molecule has 0 heterocycles. The van der Waals surface area contributed by atoms with Crippen LogP contribution in [0.3, 0.4) is 0 Å². The maximum Gasteiger partial charge on any atom is 0.528 e. The van der Waals surface area contributed by atoms with E-state index < -0.39 is 13.0 Å². The van der Waals surface area contributed by atoms with E-state index in [1.165, 1.54) is 0 Å². The Hall–Kier alpha value is -1.09. The van der Waals surface area contributed by atoms with Crippen LogP contribution in [0.2, 0.25) is 0 Å². The van der Waals surface area contributed by atoms with Crippen LogP contribution in [0.5, 0.6) is 0 Å². The number of hydrogen-bond acceptors (Lipinski definition) is 6. The summed E-state index contributed by atoms with van der Waals surface area (Å²) in [5.74, 6) is -0.338. The minimum absolute atomic E-state index is 0.119. The maximum absolute atomic E-state index is 12.7. The molecule has 0 aliphatic rings. The summed E-state index contributed by atoms with van der Waals surface area (Å²) in [6.45, 7) is 8.80. The molecule has 0 aliphatic carbocycles. The van der Waals surface area contributed by atoms with Crippen molar-refractivity contribution < 1.29 is 18.7 Å². The summed E-state index contributed by atoms with van der Waals surface area (Å²) < 4.78 is 23.0. The fraction of sp³-hybridized carbons (Fsp3) is 0.857. The number of nitrogens with zero attached hydrogens (tertiary/aromatic N) is 3. The van der Waals surface area contributed by atoms with Crippen molar-refractivity contribution >= 4 is 7.60 Å². The molecule has 0 unspecified atom stereocenters. The van der Waals surface area contributed by atoms with Crippen LogP contribution in [0.1, 0.15) is 53.4 Å². The van der Waals surface area contributed by atoms with Gasteiger partial charge in [-0.25, -0.2) is 4.57 Å². The van der Waals surface area contributed by atoms with Crippen LogP contribution >= 0.6 is 7.60 Å². The highest BCUT2D eigenvalue weighted by molar-refractivity contribution is 7.58. The van der Waals surface area contributed by atoms with Crippen molar-refractivity contribution in [1.29, 1.82) is 5.39 Å². The smallest absolute Gasteiger partial charge is 0.489 e. The van der Waals surface area contributed by atoms with Crippen LogP contribution in [0.4, 0.5) is 0 Å². The Kier molecular flexibility index (Phi) is 10.9. The summed E-state index contributed by atoms with van der Waals surface area (Å²) in [6.07, 6.45) is 3.63. The monoisotopic (exact) mass is 334 g/mol. The Morgan fingerprint density at radius 2 is 1.55 bits per heavy atom. The zero-order chi connectivity index (χ0) is 17.0. The Bertz CT molecular complexity index is 416. The molecule has 0 saturated carbocycles. The average molecular weight is 334 g/mol. The lowest BCUT2D eigenvalue weighted by molar-refractivity contribution is 0.187. The molecule has 0 saturated heterocycles. The molecule has 0 aromatic carbocycles. The highest BCUT2D eigenvalue weighted by Gasteiger charge is 2.47. The molecule has 0 aromatic rings. The predicted molar refractivity (Wildman–Crippen MR) is 87.0 cm³/mol. The van der Waals surface area contributed by atoms with Crippen molar-refractivity contribution in [3.8, 4) is 0 Å². The number of aliphatic hydroxyl groups excluding tert-OH is 1. The Morgan fingerprint density at radius 3 is 1.86 bits per heavy atom. The van der Waals surface area contributed by atoms with Crippen LogP contribution in [0.15, 0.2) is 11.3 Å². The summed E-state index contributed by atoms with van der Waals surface area (Å²) in [6, 6.07) is 0. The van der Waals surface area contributed by atoms with Gasteiger partial charge in [0.05, 0.1) is 13.2 Å². The molecule has 0 aromatic heterocycles. The second-order valence-corrected chi connectivity index (χ2v) is 6.71. The molecule has 22 heavy (non-hydrogen) atoms. The number of hydrogen-bond donors (Lipinski definition) is 1. The molecule has 8 heteroatoms. The van der Waals surface area contributed by atoms with Crippen LogP contribution in [-0.2, 0) is 13.6 Å². The first kappa shape index (κ1) is 20.9. The fourth-order valence-electron chi connectivity index (χ4n) is 1.88. The molecule has 0 bridgehead atoms. The van der Waals surface area contributed by atoms with Crippen LogP contribution in [-0.4, -0.2) is 36.3 Å². The summed E-state index contributed by atoms with van der Waals surface area (Å²) in [4.78, 5) is 4.67. The zero-order valence-corrected chi connectivity index (χ0v) is 15.0. The SMILES string of the molecule is CCCCN(CCCC)/C(O)=C(\[N+]#N)P(=O)(OCC)OCC. The van der Waals surface area contributed by atoms with E-state index in [1.807, 2.05) is 13.8 Å². The van der Waals surface area contributed by atoms with E-state index in [1.54, 1.807) is 18.7 Å². The van der Waals surface area contributed by atoms with Crippen LogP contribution in [0.25, 0.3) is 4.98 Å². The standard InChI is InChI=1S/C14H28N3O4P/c1-5-9-11-17(12-10-6-2)14(18)13(16-15)22(19,20-7-3)21-8-4/h5-12H2,1-4H3/p+1. The second-order valence-electron chi connectivity index (χ2n) is 4.77. The van der Waals surface area contributed by atoms with Gasteiger partial charge in [0.2, 0.25) is 5.39 Å². The molecule has 7 nitrogen and oxygen atoms in total. The third-order valence-electron chi connectivity index (χ3n) is 3.01. The first-order chi connectivity index (χ1) is 10.5. The van der Waals surface area contributed by atoms with Gasteiger partial charge < -0.3 is 19.1 Å². The third-order valence-corrected chi connectivity index (χ3v) is 5.02. The normalized spacial score (nSPS) is 12.7. The molecule has 128 valence electrons. The van der Waals surface area contributed by atoms with Gasteiger partial charge in [0, 0.05) is 13.1 Å². The van der Waals surface area contributed by atoms with E-state index in [9.17, 15) is 15.1 Å². The lowest BCUT2D eigenvalue weighted by atomic mass is 10.3. The van der Waals surface area contributed by atoms with Gasteiger partial charge in [0.25, 0.3) is 5.88 Å². The van der Waals surface area contributed by atoms with E-state index in [0.29, 0.717) is 13.1 Å².